The molecule has 0 saturated carbocycles. The van der Waals surface area contributed by atoms with E-state index in [1.807, 2.05) is 26.0 Å². The van der Waals surface area contributed by atoms with Crippen molar-refractivity contribution in [3.63, 3.8) is 0 Å². The maximum Gasteiger partial charge on any atom is 0.0664 e. The molecule has 0 heterocycles. The zero-order chi connectivity index (χ0) is 12.8. The molecule has 0 radical (unpaired) electrons. The number of hydrogen-bond donors (Lipinski definition) is 1. The van der Waals surface area contributed by atoms with E-state index in [1.165, 1.54) is 0 Å². The fourth-order valence-electron chi connectivity index (χ4n) is 1.58. The van der Waals surface area contributed by atoms with E-state index in [0.717, 1.165) is 12.1 Å². The van der Waals surface area contributed by atoms with Gasteiger partial charge in [-0.15, -0.1) is 0 Å². The topological polar surface area (TPSA) is 21.3 Å². The first-order valence-electron chi connectivity index (χ1n) is 5.84. The van der Waals surface area contributed by atoms with Gasteiger partial charge in [-0.25, -0.2) is 0 Å². The van der Waals surface area contributed by atoms with E-state index in [4.69, 9.17) is 27.9 Å². The Morgan fingerprint density at radius 1 is 1.18 bits per heavy atom. The molecule has 0 aliphatic carbocycles. The molecule has 96 valence electrons. The van der Waals surface area contributed by atoms with Crippen molar-refractivity contribution in [2.24, 2.45) is 0 Å². The summed E-state index contributed by atoms with van der Waals surface area (Å²) in [5, 5.41) is 4.67. The van der Waals surface area contributed by atoms with Crippen LogP contribution in [0.4, 0.5) is 0 Å². The number of halogens is 2. The van der Waals surface area contributed by atoms with Gasteiger partial charge in [-0.3, -0.25) is 0 Å². The lowest BCUT2D eigenvalue weighted by Gasteiger charge is -2.20. The maximum atomic E-state index is 6.00. The van der Waals surface area contributed by atoms with Crippen LogP contribution >= 0.6 is 23.2 Å². The van der Waals surface area contributed by atoms with Crippen LogP contribution in [0.3, 0.4) is 0 Å². The third kappa shape index (κ3) is 5.26. The van der Waals surface area contributed by atoms with Gasteiger partial charge in [0.2, 0.25) is 0 Å². The number of hydrogen-bond acceptors (Lipinski definition) is 2. The molecule has 0 aromatic heterocycles. The van der Waals surface area contributed by atoms with Crippen LogP contribution in [0.5, 0.6) is 0 Å². The molecular formula is C13H19Cl2NO. The molecule has 0 spiro atoms. The van der Waals surface area contributed by atoms with E-state index < -0.39 is 0 Å². The summed E-state index contributed by atoms with van der Waals surface area (Å²) >= 11 is 12.0. The minimum absolute atomic E-state index is 0.124. The zero-order valence-electron chi connectivity index (χ0n) is 10.5. The molecule has 1 aromatic carbocycles. The summed E-state index contributed by atoms with van der Waals surface area (Å²) < 4.78 is 5.64. The fraction of sp³-hybridized carbons (Fsp3) is 0.538. The molecule has 0 bridgehead atoms. The van der Waals surface area contributed by atoms with Gasteiger partial charge in [-0.2, -0.15) is 0 Å². The largest absolute Gasteiger partial charge is 0.377 e. The molecule has 17 heavy (non-hydrogen) atoms. The van der Waals surface area contributed by atoms with Gasteiger partial charge >= 0.3 is 0 Å². The first-order valence-corrected chi connectivity index (χ1v) is 6.59. The maximum absolute atomic E-state index is 6.00. The molecule has 1 unspecified atom stereocenters. The Bertz CT molecular complexity index is 335. The number of ether oxygens (including phenoxy) is 1. The second kappa shape index (κ2) is 7.22. The Morgan fingerprint density at radius 3 is 2.24 bits per heavy atom. The van der Waals surface area contributed by atoms with Gasteiger partial charge in [0.25, 0.3) is 0 Å². The molecule has 0 fully saturated rings. The third-order valence-corrected chi connectivity index (χ3v) is 2.77. The molecule has 1 rings (SSSR count). The molecular weight excluding hydrogens is 257 g/mol. The minimum atomic E-state index is 0.124. The van der Waals surface area contributed by atoms with Crippen molar-refractivity contribution in [2.45, 2.75) is 32.9 Å². The van der Waals surface area contributed by atoms with E-state index in [9.17, 15) is 0 Å². The molecule has 2 nitrogen and oxygen atoms in total. The first-order chi connectivity index (χ1) is 8.02. The quantitative estimate of drug-likeness (QED) is 0.845. The van der Waals surface area contributed by atoms with E-state index in [-0.39, 0.29) is 12.1 Å². The van der Waals surface area contributed by atoms with E-state index in [0.29, 0.717) is 16.7 Å². The van der Waals surface area contributed by atoms with Gasteiger partial charge in [0.05, 0.1) is 18.8 Å². The minimum Gasteiger partial charge on any atom is -0.377 e. The van der Waals surface area contributed by atoms with Crippen molar-refractivity contribution >= 4 is 23.2 Å². The van der Waals surface area contributed by atoms with Crippen molar-refractivity contribution < 1.29 is 4.74 Å². The molecule has 0 amide bonds. The highest BCUT2D eigenvalue weighted by atomic mass is 35.5. The summed E-state index contributed by atoms with van der Waals surface area (Å²) in [5.41, 5.74) is 1.06. The van der Waals surface area contributed by atoms with Gasteiger partial charge in [0.15, 0.2) is 0 Å². The van der Waals surface area contributed by atoms with Crippen molar-refractivity contribution in [1.82, 2.24) is 5.32 Å². The molecule has 1 aromatic rings. The van der Waals surface area contributed by atoms with Crippen molar-refractivity contribution in [3.05, 3.63) is 33.8 Å². The highest BCUT2D eigenvalue weighted by molar-refractivity contribution is 6.34. The molecule has 0 saturated heterocycles. The van der Waals surface area contributed by atoms with Crippen LogP contribution in [0.2, 0.25) is 10.0 Å². The predicted octanol–water partition coefficient (Wildman–Crippen LogP) is 4.07. The van der Waals surface area contributed by atoms with Crippen molar-refractivity contribution in [2.75, 3.05) is 13.2 Å². The SMILES string of the molecule is CCNC(COC(C)C)c1cc(Cl)cc(Cl)c1. The number of rotatable bonds is 6. The zero-order valence-corrected chi connectivity index (χ0v) is 12.0. The molecule has 1 atom stereocenters. The lowest BCUT2D eigenvalue weighted by molar-refractivity contribution is 0.0614. The Kier molecular flexibility index (Phi) is 6.28. The lowest BCUT2D eigenvalue weighted by atomic mass is 10.1. The van der Waals surface area contributed by atoms with Gasteiger partial charge < -0.3 is 10.1 Å². The second-order valence-electron chi connectivity index (χ2n) is 4.20. The fourth-order valence-corrected chi connectivity index (χ4v) is 2.13. The van der Waals surface area contributed by atoms with Gasteiger partial charge in [0, 0.05) is 10.0 Å². The number of nitrogens with one attached hydrogen (secondary N) is 1. The molecule has 0 aliphatic rings. The number of likely N-dealkylation sites (N-methyl/N-ethyl adjacent to an activating group) is 1. The van der Waals surface area contributed by atoms with E-state index in [1.54, 1.807) is 6.07 Å². The normalized spacial score (nSPS) is 13.1. The summed E-state index contributed by atoms with van der Waals surface area (Å²) in [7, 11) is 0. The van der Waals surface area contributed by atoms with Crippen LogP contribution in [0, 0.1) is 0 Å². The lowest BCUT2D eigenvalue weighted by Crippen LogP contribution is -2.26. The average Bonchev–Trinajstić information content (AvgIpc) is 2.22. The van der Waals surface area contributed by atoms with Crippen molar-refractivity contribution in [3.8, 4) is 0 Å². The smallest absolute Gasteiger partial charge is 0.0664 e. The molecule has 1 N–H and O–H groups in total. The van der Waals surface area contributed by atoms with Gasteiger partial charge in [0.1, 0.15) is 0 Å². The third-order valence-electron chi connectivity index (χ3n) is 2.33. The Hall–Kier alpha value is -0.280. The van der Waals surface area contributed by atoms with Crippen LogP contribution in [0.15, 0.2) is 18.2 Å². The summed E-state index contributed by atoms with van der Waals surface area (Å²) in [6.45, 7) is 7.59. The highest BCUT2D eigenvalue weighted by Crippen LogP contribution is 2.24. The average molecular weight is 276 g/mol. The van der Waals surface area contributed by atoms with Crippen LogP contribution in [-0.2, 0) is 4.74 Å². The summed E-state index contributed by atoms with van der Waals surface area (Å²) in [6.07, 6.45) is 0.214. The molecule has 0 aliphatic heterocycles. The first kappa shape index (κ1) is 14.8. The summed E-state index contributed by atoms with van der Waals surface area (Å²) in [6, 6.07) is 5.70. The summed E-state index contributed by atoms with van der Waals surface area (Å²) in [4.78, 5) is 0. The number of benzene rings is 1. The van der Waals surface area contributed by atoms with Crippen LogP contribution in [0.25, 0.3) is 0 Å². The van der Waals surface area contributed by atoms with Crippen LogP contribution < -0.4 is 5.32 Å². The Balaban J connectivity index is 2.80. The monoisotopic (exact) mass is 275 g/mol. The standard InChI is InChI=1S/C13H19Cl2NO/c1-4-16-13(8-17-9(2)3)10-5-11(14)7-12(15)6-10/h5-7,9,13,16H,4,8H2,1-3H3. The predicted molar refractivity (Wildman–Crippen MR) is 74.0 cm³/mol. The van der Waals surface area contributed by atoms with Crippen LogP contribution in [-0.4, -0.2) is 19.3 Å². The summed E-state index contributed by atoms with van der Waals surface area (Å²) in [5.74, 6) is 0. The van der Waals surface area contributed by atoms with E-state index >= 15 is 0 Å². The second-order valence-corrected chi connectivity index (χ2v) is 5.07. The van der Waals surface area contributed by atoms with Crippen LogP contribution in [0.1, 0.15) is 32.4 Å². The van der Waals surface area contributed by atoms with Crippen molar-refractivity contribution in [1.29, 1.82) is 0 Å². The Morgan fingerprint density at radius 2 is 1.76 bits per heavy atom. The van der Waals surface area contributed by atoms with Gasteiger partial charge in [-0.05, 0) is 44.2 Å². The molecule has 4 heteroatoms. The highest BCUT2D eigenvalue weighted by Gasteiger charge is 2.12. The van der Waals surface area contributed by atoms with Gasteiger partial charge in [-0.1, -0.05) is 30.1 Å². The van der Waals surface area contributed by atoms with E-state index in [2.05, 4.69) is 12.2 Å². The Labute approximate surface area is 113 Å².